The first-order valence-electron chi connectivity index (χ1n) is 9.83. The van der Waals surface area contributed by atoms with Gasteiger partial charge >= 0.3 is 0 Å². The van der Waals surface area contributed by atoms with Crippen LogP contribution < -0.4 is 0 Å². The van der Waals surface area contributed by atoms with Crippen LogP contribution in [0.25, 0.3) is 0 Å². The molecule has 3 fully saturated rings. The molecule has 134 valence electrons. The summed E-state index contributed by atoms with van der Waals surface area (Å²) >= 11 is 0. The van der Waals surface area contributed by atoms with Gasteiger partial charge in [-0.1, -0.05) is 40.5 Å². The first kappa shape index (κ1) is 17.6. The van der Waals surface area contributed by atoms with Crippen LogP contribution in [0.2, 0.25) is 0 Å². The van der Waals surface area contributed by atoms with Gasteiger partial charge in [-0.15, -0.1) is 0 Å². The van der Waals surface area contributed by atoms with Crippen LogP contribution in [0.3, 0.4) is 0 Å². The van der Waals surface area contributed by atoms with Crippen molar-refractivity contribution in [3.63, 3.8) is 0 Å². The fourth-order valence-electron chi connectivity index (χ4n) is 5.43. The predicted octanol–water partition coefficient (Wildman–Crippen LogP) is 5.57. The van der Waals surface area contributed by atoms with Crippen LogP contribution in [0.1, 0.15) is 66.2 Å². The molecule has 0 radical (unpaired) electrons. The molecule has 0 spiro atoms. The highest BCUT2D eigenvalue weighted by atomic mass is 19.1. The van der Waals surface area contributed by atoms with Crippen molar-refractivity contribution in [2.75, 3.05) is 0 Å². The van der Waals surface area contributed by atoms with E-state index in [1.807, 2.05) is 13.8 Å². The highest BCUT2D eigenvalue weighted by Gasteiger charge is 2.53. The van der Waals surface area contributed by atoms with Gasteiger partial charge in [0, 0.05) is 0 Å². The first-order chi connectivity index (χ1) is 10.9. The van der Waals surface area contributed by atoms with Crippen LogP contribution in [0, 0.1) is 35.5 Å². The minimum absolute atomic E-state index is 0.0590. The molecule has 1 aliphatic heterocycles. The number of fused-ring (bicyclic) bond motifs is 1. The van der Waals surface area contributed by atoms with Crippen LogP contribution in [-0.4, -0.2) is 24.6 Å². The molecule has 3 heteroatoms. The van der Waals surface area contributed by atoms with E-state index in [9.17, 15) is 4.39 Å². The summed E-state index contributed by atoms with van der Waals surface area (Å²) in [5.41, 5.74) is 0. The predicted molar refractivity (Wildman–Crippen MR) is 89.8 cm³/mol. The summed E-state index contributed by atoms with van der Waals surface area (Å²) in [5.74, 6) is 1.76. The van der Waals surface area contributed by atoms with E-state index in [1.54, 1.807) is 0 Å². The van der Waals surface area contributed by atoms with Gasteiger partial charge in [-0.2, -0.15) is 0 Å². The molecule has 2 saturated carbocycles. The molecule has 0 amide bonds. The number of hydrogen-bond acceptors (Lipinski definition) is 1. The second-order valence-corrected chi connectivity index (χ2v) is 8.98. The van der Waals surface area contributed by atoms with E-state index in [0.717, 1.165) is 18.8 Å². The third-order valence-corrected chi connectivity index (χ3v) is 7.10. The molecule has 3 rings (SSSR count). The maximum atomic E-state index is 15.2. The van der Waals surface area contributed by atoms with Crippen molar-refractivity contribution in [2.24, 2.45) is 35.5 Å². The first-order valence-corrected chi connectivity index (χ1v) is 9.83. The summed E-state index contributed by atoms with van der Waals surface area (Å²) in [6.07, 6.45) is 4.17. The van der Waals surface area contributed by atoms with E-state index >= 15 is 4.39 Å². The fraction of sp³-hybridized carbons (Fsp3) is 1.00. The van der Waals surface area contributed by atoms with Gasteiger partial charge in [-0.25, -0.2) is 8.78 Å². The summed E-state index contributed by atoms with van der Waals surface area (Å²) in [4.78, 5) is 0. The van der Waals surface area contributed by atoms with Crippen LogP contribution in [0.15, 0.2) is 0 Å². The third kappa shape index (κ3) is 3.32. The van der Waals surface area contributed by atoms with E-state index in [4.69, 9.17) is 4.74 Å². The molecular formula is C20H34F2O. The van der Waals surface area contributed by atoms with Gasteiger partial charge in [-0.05, 0) is 61.2 Å². The summed E-state index contributed by atoms with van der Waals surface area (Å²) in [7, 11) is 0. The molecule has 3 aliphatic rings. The molecule has 1 saturated heterocycles. The van der Waals surface area contributed by atoms with E-state index in [2.05, 4.69) is 13.8 Å². The maximum absolute atomic E-state index is 15.2. The van der Waals surface area contributed by atoms with Crippen molar-refractivity contribution in [1.82, 2.24) is 0 Å². The Labute approximate surface area is 140 Å². The normalized spacial score (nSPS) is 49.2. The Morgan fingerprint density at radius 3 is 2.13 bits per heavy atom. The van der Waals surface area contributed by atoms with E-state index in [0.29, 0.717) is 5.92 Å². The number of ether oxygens (including phenoxy) is 1. The number of rotatable bonds is 3. The Kier molecular flexibility index (Phi) is 5.35. The van der Waals surface area contributed by atoms with E-state index in [1.165, 1.54) is 25.7 Å². The summed E-state index contributed by atoms with van der Waals surface area (Å²) < 4.78 is 35.7. The second-order valence-electron chi connectivity index (χ2n) is 8.98. The number of halogens is 2. The SMILES string of the molecule is CC1CCC(C2CCC3C(C)C(C(F)C(C)C)OC3C2F)CC1. The lowest BCUT2D eigenvalue weighted by Crippen LogP contribution is -2.43. The van der Waals surface area contributed by atoms with Crippen LogP contribution in [0.5, 0.6) is 0 Å². The molecule has 1 nitrogen and oxygen atoms in total. The average molecular weight is 328 g/mol. The van der Waals surface area contributed by atoms with E-state index in [-0.39, 0.29) is 29.8 Å². The highest BCUT2D eigenvalue weighted by Crippen LogP contribution is 2.50. The number of alkyl halides is 2. The van der Waals surface area contributed by atoms with Crippen LogP contribution >= 0.6 is 0 Å². The minimum atomic E-state index is -0.975. The zero-order valence-electron chi connectivity index (χ0n) is 15.2. The average Bonchev–Trinajstić information content (AvgIpc) is 2.86. The Morgan fingerprint density at radius 2 is 1.52 bits per heavy atom. The van der Waals surface area contributed by atoms with Crippen LogP contribution in [0.4, 0.5) is 8.78 Å². The third-order valence-electron chi connectivity index (χ3n) is 7.10. The van der Waals surface area contributed by atoms with Crippen molar-refractivity contribution in [3.8, 4) is 0 Å². The standard InChI is InChI=1S/C20H34F2O/c1-11(2)17(21)19-13(4)15-9-10-16(18(22)20(15)23-19)14-7-5-12(3)6-8-14/h11-20H,5-10H2,1-4H3. The number of hydrogen-bond donors (Lipinski definition) is 0. The Balaban J connectivity index is 1.67. The lowest BCUT2D eigenvalue weighted by molar-refractivity contribution is -0.0887. The van der Waals surface area contributed by atoms with E-state index < -0.39 is 18.4 Å². The smallest absolute Gasteiger partial charge is 0.130 e. The molecule has 2 aliphatic carbocycles. The van der Waals surface area contributed by atoms with Gasteiger partial charge < -0.3 is 4.74 Å². The van der Waals surface area contributed by atoms with Crippen molar-refractivity contribution >= 4 is 0 Å². The molecule has 7 atom stereocenters. The van der Waals surface area contributed by atoms with Gasteiger partial charge in [0.25, 0.3) is 0 Å². The Bertz CT molecular complexity index is 391. The highest BCUT2D eigenvalue weighted by molar-refractivity contribution is 5.01. The van der Waals surface area contributed by atoms with Gasteiger partial charge in [0.1, 0.15) is 12.3 Å². The molecule has 23 heavy (non-hydrogen) atoms. The largest absolute Gasteiger partial charge is 0.368 e. The van der Waals surface area contributed by atoms with Gasteiger partial charge in [0.2, 0.25) is 0 Å². The van der Waals surface area contributed by atoms with Crippen molar-refractivity contribution < 1.29 is 13.5 Å². The molecular weight excluding hydrogens is 294 g/mol. The Morgan fingerprint density at radius 1 is 0.913 bits per heavy atom. The molecule has 1 heterocycles. The minimum Gasteiger partial charge on any atom is -0.368 e. The summed E-state index contributed by atoms with van der Waals surface area (Å²) in [5, 5.41) is 0. The van der Waals surface area contributed by atoms with Crippen LogP contribution in [-0.2, 0) is 4.74 Å². The maximum Gasteiger partial charge on any atom is 0.130 e. The monoisotopic (exact) mass is 328 g/mol. The van der Waals surface area contributed by atoms with Crippen molar-refractivity contribution in [2.45, 2.75) is 90.8 Å². The topological polar surface area (TPSA) is 9.23 Å². The zero-order valence-corrected chi connectivity index (χ0v) is 15.2. The molecule has 0 aromatic heterocycles. The molecule has 0 aromatic rings. The zero-order chi connectivity index (χ0) is 16.7. The van der Waals surface area contributed by atoms with Crippen molar-refractivity contribution in [3.05, 3.63) is 0 Å². The molecule has 7 unspecified atom stereocenters. The van der Waals surface area contributed by atoms with Gasteiger partial charge in [-0.3, -0.25) is 0 Å². The summed E-state index contributed by atoms with van der Waals surface area (Å²) in [6, 6.07) is 0. The summed E-state index contributed by atoms with van der Waals surface area (Å²) in [6.45, 7) is 8.16. The molecule has 0 N–H and O–H groups in total. The van der Waals surface area contributed by atoms with Gasteiger partial charge in [0.15, 0.2) is 0 Å². The lowest BCUT2D eigenvalue weighted by Gasteiger charge is -2.41. The lowest BCUT2D eigenvalue weighted by atomic mass is 9.66. The van der Waals surface area contributed by atoms with Crippen molar-refractivity contribution in [1.29, 1.82) is 0 Å². The fourth-order valence-corrected chi connectivity index (χ4v) is 5.43. The second kappa shape index (κ2) is 6.98. The molecule has 0 aromatic carbocycles. The quantitative estimate of drug-likeness (QED) is 0.657. The molecule has 0 bridgehead atoms. The Hall–Kier alpha value is -0.180. The van der Waals surface area contributed by atoms with Gasteiger partial charge in [0.05, 0.1) is 12.2 Å².